The largest absolute Gasteiger partial charge is 0.291 e. The SMILES string of the molecule is CCCCC1NCNS1. The van der Waals surface area contributed by atoms with Gasteiger partial charge in [0, 0.05) is 0 Å². The molecule has 0 saturated carbocycles. The first-order valence-electron chi connectivity index (χ1n) is 3.55. The van der Waals surface area contributed by atoms with E-state index in [9.17, 15) is 0 Å². The van der Waals surface area contributed by atoms with Crippen LogP contribution in [0.2, 0.25) is 0 Å². The Bertz CT molecular complexity index is 71.5. The Morgan fingerprint density at radius 2 is 2.56 bits per heavy atom. The zero-order chi connectivity index (χ0) is 6.53. The fourth-order valence-corrected chi connectivity index (χ4v) is 1.71. The van der Waals surface area contributed by atoms with Gasteiger partial charge < -0.3 is 0 Å². The molecule has 1 fully saturated rings. The topological polar surface area (TPSA) is 24.1 Å². The molecule has 1 rings (SSSR count). The minimum absolute atomic E-state index is 0.671. The van der Waals surface area contributed by atoms with E-state index in [2.05, 4.69) is 17.0 Å². The zero-order valence-electron chi connectivity index (χ0n) is 5.81. The summed E-state index contributed by atoms with van der Waals surface area (Å²) >= 11 is 1.82. The Morgan fingerprint density at radius 3 is 3.11 bits per heavy atom. The molecule has 1 saturated heterocycles. The molecule has 1 unspecified atom stereocenters. The number of hydrogen-bond acceptors (Lipinski definition) is 3. The zero-order valence-corrected chi connectivity index (χ0v) is 6.63. The van der Waals surface area contributed by atoms with E-state index in [0.717, 1.165) is 6.67 Å². The Morgan fingerprint density at radius 1 is 1.67 bits per heavy atom. The lowest BCUT2D eigenvalue weighted by atomic mass is 10.2. The van der Waals surface area contributed by atoms with Gasteiger partial charge in [-0.3, -0.25) is 5.32 Å². The van der Waals surface area contributed by atoms with Crippen LogP contribution in [-0.4, -0.2) is 12.0 Å². The molecule has 0 amide bonds. The predicted octanol–water partition coefficient (Wildman–Crippen LogP) is 1.30. The molecule has 1 heterocycles. The Balaban J connectivity index is 1.98. The third kappa shape index (κ3) is 2.56. The molecule has 0 aliphatic carbocycles. The van der Waals surface area contributed by atoms with Crippen molar-refractivity contribution in [2.24, 2.45) is 0 Å². The number of unbranched alkanes of at least 4 members (excludes halogenated alkanes) is 1. The van der Waals surface area contributed by atoms with Gasteiger partial charge in [0.25, 0.3) is 0 Å². The van der Waals surface area contributed by atoms with Gasteiger partial charge >= 0.3 is 0 Å². The summed E-state index contributed by atoms with van der Waals surface area (Å²) in [6, 6.07) is 0. The third-order valence-electron chi connectivity index (χ3n) is 1.45. The van der Waals surface area contributed by atoms with Crippen molar-refractivity contribution in [1.82, 2.24) is 10.0 Å². The molecule has 2 N–H and O–H groups in total. The first-order valence-corrected chi connectivity index (χ1v) is 4.43. The first-order chi connectivity index (χ1) is 4.43. The van der Waals surface area contributed by atoms with Crippen LogP contribution in [0.1, 0.15) is 26.2 Å². The van der Waals surface area contributed by atoms with Gasteiger partial charge in [-0.25, -0.2) is 4.72 Å². The second-order valence-corrected chi connectivity index (χ2v) is 3.37. The predicted molar refractivity (Wildman–Crippen MR) is 42.0 cm³/mol. The molecule has 0 spiro atoms. The minimum atomic E-state index is 0.671. The van der Waals surface area contributed by atoms with Crippen LogP contribution in [0.15, 0.2) is 0 Å². The number of rotatable bonds is 3. The summed E-state index contributed by atoms with van der Waals surface area (Å²) in [6.07, 6.45) is 3.94. The monoisotopic (exact) mass is 146 g/mol. The molecule has 3 heteroatoms. The molecular formula is C6H14N2S. The van der Waals surface area contributed by atoms with E-state index in [0.29, 0.717) is 5.37 Å². The maximum absolute atomic E-state index is 3.34. The van der Waals surface area contributed by atoms with E-state index < -0.39 is 0 Å². The van der Waals surface area contributed by atoms with E-state index in [1.54, 1.807) is 0 Å². The third-order valence-corrected chi connectivity index (χ3v) is 2.45. The van der Waals surface area contributed by atoms with Crippen molar-refractivity contribution in [1.29, 1.82) is 0 Å². The van der Waals surface area contributed by atoms with Crippen LogP contribution in [0.5, 0.6) is 0 Å². The number of nitrogens with one attached hydrogen (secondary N) is 2. The van der Waals surface area contributed by atoms with Crippen LogP contribution in [-0.2, 0) is 0 Å². The average Bonchev–Trinajstić information content (AvgIpc) is 2.34. The number of hydrogen-bond donors (Lipinski definition) is 2. The lowest BCUT2D eigenvalue weighted by Crippen LogP contribution is -2.20. The molecule has 1 atom stereocenters. The van der Waals surface area contributed by atoms with E-state index in [4.69, 9.17) is 0 Å². The minimum Gasteiger partial charge on any atom is -0.291 e. The molecule has 1 aliphatic heterocycles. The van der Waals surface area contributed by atoms with Crippen molar-refractivity contribution >= 4 is 11.9 Å². The smallest absolute Gasteiger partial charge is 0.0689 e. The van der Waals surface area contributed by atoms with Crippen molar-refractivity contribution in [3.05, 3.63) is 0 Å². The van der Waals surface area contributed by atoms with Gasteiger partial charge in [-0.2, -0.15) is 0 Å². The lowest BCUT2D eigenvalue weighted by molar-refractivity contribution is 0.609. The van der Waals surface area contributed by atoms with E-state index in [1.807, 2.05) is 11.9 Å². The van der Waals surface area contributed by atoms with Crippen LogP contribution < -0.4 is 10.0 Å². The highest BCUT2D eigenvalue weighted by molar-refractivity contribution is 7.98. The fourth-order valence-electron chi connectivity index (χ4n) is 0.890. The van der Waals surface area contributed by atoms with Crippen molar-refractivity contribution in [2.75, 3.05) is 6.67 Å². The van der Waals surface area contributed by atoms with Gasteiger partial charge in [0.05, 0.1) is 12.0 Å². The molecular weight excluding hydrogens is 132 g/mol. The molecule has 0 bridgehead atoms. The van der Waals surface area contributed by atoms with Crippen molar-refractivity contribution in [3.63, 3.8) is 0 Å². The normalized spacial score (nSPS) is 27.0. The summed E-state index contributed by atoms with van der Waals surface area (Å²) in [7, 11) is 0. The van der Waals surface area contributed by atoms with E-state index >= 15 is 0 Å². The van der Waals surface area contributed by atoms with Crippen LogP contribution in [0.3, 0.4) is 0 Å². The highest BCUT2D eigenvalue weighted by atomic mass is 32.2. The van der Waals surface area contributed by atoms with Crippen LogP contribution in [0.4, 0.5) is 0 Å². The van der Waals surface area contributed by atoms with Crippen LogP contribution in [0.25, 0.3) is 0 Å². The highest BCUT2D eigenvalue weighted by Gasteiger charge is 2.12. The van der Waals surface area contributed by atoms with Gasteiger partial charge in [0.1, 0.15) is 0 Å². The van der Waals surface area contributed by atoms with E-state index in [-0.39, 0.29) is 0 Å². The molecule has 9 heavy (non-hydrogen) atoms. The van der Waals surface area contributed by atoms with E-state index in [1.165, 1.54) is 19.3 Å². The lowest BCUT2D eigenvalue weighted by Gasteiger charge is -2.04. The molecule has 0 aromatic carbocycles. The van der Waals surface area contributed by atoms with Gasteiger partial charge in [-0.15, -0.1) is 0 Å². The highest BCUT2D eigenvalue weighted by Crippen LogP contribution is 2.14. The van der Waals surface area contributed by atoms with Gasteiger partial charge in [0.2, 0.25) is 0 Å². The molecule has 0 aromatic rings. The summed E-state index contributed by atoms with van der Waals surface area (Å²) in [5, 5.41) is 4.01. The van der Waals surface area contributed by atoms with Crippen LogP contribution >= 0.6 is 11.9 Å². The summed E-state index contributed by atoms with van der Waals surface area (Å²) < 4.78 is 3.19. The summed E-state index contributed by atoms with van der Waals surface area (Å²) in [5.74, 6) is 0. The Kier molecular flexibility index (Phi) is 3.40. The second-order valence-electron chi connectivity index (χ2n) is 2.27. The second kappa shape index (κ2) is 4.14. The van der Waals surface area contributed by atoms with Crippen molar-refractivity contribution in [2.45, 2.75) is 31.6 Å². The molecule has 1 aliphatic rings. The Hall–Kier alpha value is 0.270. The maximum atomic E-state index is 3.34. The molecule has 0 radical (unpaired) electrons. The maximum Gasteiger partial charge on any atom is 0.0689 e. The van der Waals surface area contributed by atoms with Gasteiger partial charge in [-0.1, -0.05) is 31.7 Å². The quantitative estimate of drug-likeness (QED) is 0.587. The molecule has 0 aromatic heterocycles. The molecule has 2 nitrogen and oxygen atoms in total. The summed E-state index contributed by atoms with van der Waals surface area (Å²) in [5.41, 5.74) is 0. The van der Waals surface area contributed by atoms with Crippen molar-refractivity contribution in [3.8, 4) is 0 Å². The first kappa shape index (κ1) is 7.38. The summed E-state index contributed by atoms with van der Waals surface area (Å²) in [6.45, 7) is 3.20. The van der Waals surface area contributed by atoms with Gasteiger partial charge in [0.15, 0.2) is 0 Å². The Labute approximate surface area is 60.9 Å². The average molecular weight is 146 g/mol. The molecule has 54 valence electrons. The standard InChI is InChI=1S/C6H14N2S/c1-2-3-4-6-7-5-8-9-6/h6-8H,2-5H2,1H3. The summed E-state index contributed by atoms with van der Waals surface area (Å²) in [4.78, 5) is 0. The fraction of sp³-hybridized carbons (Fsp3) is 1.00. The van der Waals surface area contributed by atoms with Crippen molar-refractivity contribution < 1.29 is 0 Å². The van der Waals surface area contributed by atoms with Crippen LogP contribution in [0, 0.1) is 0 Å². The van der Waals surface area contributed by atoms with Gasteiger partial charge in [-0.05, 0) is 6.42 Å².